The van der Waals surface area contributed by atoms with Gasteiger partial charge in [-0.2, -0.15) is 5.10 Å². The SMILES string of the molecule is COc1cc2ncc(-c3nc(N)c(F)cc3F)n2nc1C1CC1. The first-order valence-electron chi connectivity index (χ1n) is 7.13. The Bertz CT molecular complexity index is 920. The maximum atomic E-state index is 14.1. The molecular weight excluding hydrogens is 304 g/mol. The Hall–Kier alpha value is -2.77. The van der Waals surface area contributed by atoms with Gasteiger partial charge in [-0.25, -0.2) is 23.3 Å². The predicted molar refractivity (Wildman–Crippen MR) is 79.1 cm³/mol. The van der Waals surface area contributed by atoms with Crippen LogP contribution in [0, 0.1) is 11.6 Å². The first-order chi connectivity index (χ1) is 11.1. The van der Waals surface area contributed by atoms with Gasteiger partial charge in [0.2, 0.25) is 0 Å². The third-order valence-corrected chi connectivity index (χ3v) is 3.87. The van der Waals surface area contributed by atoms with Crippen molar-refractivity contribution in [1.82, 2.24) is 19.6 Å². The fourth-order valence-electron chi connectivity index (χ4n) is 2.54. The minimum atomic E-state index is -0.895. The Kier molecular flexibility index (Phi) is 2.93. The van der Waals surface area contributed by atoms with E-state index in [-0.39, 0.29) is 11.5 Å². The molecule has 0 radical (unpaired) electrons. The van der Waals surface area contributed by atoms with Crippen molar-refractivity contribution >= 4 is 11.5 Å². The van der Waals surface area contributed by atoms with Crippen molar-refractivity contribution in [3.63, 3.8) is 0 Å². The Labute approximate surface area is 129 Å². The summed E-state index contributed by atoms with van der Waals surface area (Å²) in [5.74, 6) is -1.09. The molecule has 1 aliphatic carbocycles. The normalized spacial score (nSPS) is 14.4. The number of nitrogen functional groups attached to an aromatic ring is 1. The summed E-state index contributed by atoms with van der Waals surface area (Å²) >= 11 is 0. The number of ether oxygens (including phenoxy) is 1. The van der Waals surface area contributed by atoms with E-state index in [1.807, 2.05) is 0 Å². The summed E-state index contributed by atoms with van der Waals surface area (Å²) in [6.07, 6.45) is 3.51. The Morgan fingerprint density at radius 3 is 2.74 bits per heavy atom. The van der Waals surface area contributed by atoms with Gasteiger partial charge in [0.15, 0.2) is 23.1 Å². The average molecular weight is 317 g/mol. The fraction of sp³-hybridized carbons (Fsp3) is 0.267. The number of rotatable bonds is 3. The van der Waals surface area contributed by atoms with Crippen molar-refractivity contribution in [3.05, 3.63) is 35.7 Å². The van der Waals surface area contributed by atoms with Gasteiger partial charge < -0.3 is 10.5 Å². The van der Waals surface area contributed by atoms with Gasteiger partial charge in [-0.3, -0.25) is 0 Å². The molecule has 0 aromatic carbocycles. The van der Waals surface area contributed by atoms with E-state index in [2.05, 4.69) is 15.1 Å². The van der Waals surface area contributed by atoms with Crippen LogP contribution in [0.5, 0.6) is 5.75 Å². The number of halogens is 2. The van der Waals surface area contributed by atoms with Crippen molar-refractivity contribution in [2.75, 3.05) is 12.8 Å². The number of nitrogens with two attached hydrogens (primary N) is 1. The molecule has 1 saturated carbocycles. The molecule has 118 valence electrons. The molecule has 4 rings (SSSR count). The van der Waals surface area contributed by atoms with E-state index in [0.29, 0.717) is 29.1 Å². The molecule has 0 atom stereocenters. The molecule has 6 nitrogen and oxygen atoms in total. The maximum absolute atomic E-state index is 14.1. The molecule has 0 saturated heterocycles. The number of aromatic nitrogens is 4. The van der Waals surface area contributed by atoms with Gasteiger partial charge in [-0.1, -0.05) is 0 Å². The summed E-state index contributed by atoms with van der Waals surface area (Å²) in [7, 11) is 1.57. The first kappa shape index (κ1) is 13.9. The van der Waals surface area contributed by atoms with Crippen LogP contribution in [-0.4, -0.2) is 26.7 Å². The molecule has 0 amide bonds. The number of pyridine rings is 1. The Morgan fingerprint density at radius 1 is 1.26 bits per heavy atom. The number of nitrogens with zero attached hydrogens (tertiary/aromatic N) is 4. The van der Waals surface area contributed by atoms with Crippen molar-refractivity contribution in [1.29, 1.82) is 0 Å². The lowest BCUT2D eigenvalue weighted by molar-refractivity contribution is 0.405. The second kappa shape index (κ2) is 4.87. The summed E-state index contributed by atoms with van der Waals surface area (Å²) in [4.78, 5) is 7.99. The van der Waals surface area contributed by atoms with Crippen molar-refractivity contribution in [2.24, 2.45) is 0 Å². The van der Waals surface area contributed by atoms with Gasteiger partial charge >= 0.3 is 0 Å². The second-order valence-electron chi connectivity index (χ2n) is 5.47. The zero-order chi connectivity index (χ0) is 16.1. The number of imidazole rings is 1. The summed E-state index contributed by atoms with van der Waals surface area (Å²) in [6, 6.07) is 2.46. The molecule has 0 aliphatic heterocycles. The number of anilines is 1. The van der Waals surface area contributed by atoms with Crippen LogP contribution in [0.25, 0.3) is 17.0 Å². The minimum Gasteiger partial charge on any atom is -0.495 e. The van der Waals surface area contributed by atoms with E-state index in [1.54, 1.807) is 13.2 Å². The molecule has 2 N–H and O–H groups in total. The topological polar surface area (TPSA) is 78.3 Å². The van der Waals surface area contributed by atoms with E-state index in [0.717, 1.165) is 18.5 Å². The van der Waals surface area contributed by atoms with Crippen molar-refractivity contribution in [3.8, 4) is 17.1 Å². The number of hydrogen-bond donors (Lipinski definition) is 1. The van der Waals surface area contributed by atoms with Crippen LogP contribution in [-0.2, 0) is 0 Å². The maximum Gasteiger partial charge on any atom is 0.168 e. The smallest absolute Gasteiger partial charge is 0.168 e. The third kappa shape index (κ3) is 2.18. The van der Waals surface area contributed by atoms with Crippen molar-refractivity contribution in [2.45, 2.75) is 18.8 Å². The van der Waals surface area contributed by atoms with Gasteiger partial charge in [-0.15, -0.1) is 0 Å². The minimum absolute atomic E-state index is 0.0872. The fourth-order valence-corrected chi connectivity index (χ4v) is 2.54. The number of methoxy groups -OCH3 is 1. The largest absolute Gasteiger partial charge is 0.495 e. The average Bonchev–Trinajstić information content (AvgIpc) is 3.30. The van der Waals surface area contributed by atoms with Crippen LogP contribution in [0.2, 0.25) is 0 Å². The molecule has 1 aliphatic rings. The van der Waals surface area contributed by atoms with E-state index in [1.165, 1.54) is 10.7 Å². The van der Waals surface area contributed by atoms with Crippen LogP contribution in [0.1, 0.15) is 24.5 Å². The quantitative estimate of drug-likeness (QED) is 0.803. The molecule has 3 heterocycles. The molecule has 0 bridgehead atoms. The van der Waals surface area contributed by atoms with Gasteiger partial charge in [0.25, 0.3) is 0 Å². The van der Waals surface area contributed by atoms with Gasteiger partial charge in [0, 0.05) is 18.1 Å². The number of hydrogen-bond acceptors (Lipinski definition) is 5. The van der Waals surface area contributed by atoms with E-state index >= 15 is 0 Å². The zero-order valence-electron chi connectivity index (χ0n) is 12.3. The highest BCUT2D eigenvalue weighted by Crippen LogP contribution is 2.43. The van der Waals surface area contributed by atoms with Crippen LogP contribution in [0.3, 0.4) is 0 Å². The Morgan fingerprint density at radius 2 is 2.04 bits per heavy atom. The molecule has 8 heteroatoms. The first-order valence-corrected chi connectivity index (χ1v) is 7.13. The van der Waals surface area contributed by atoms with E-state index in [9.17, 15) is 8.78 Å². The predicted octanol–water partition coefficient (Wildman–Crippen LogP) is 2.54. The third-order valence-electron chi connectivity index (χ3n) is 3.87. The molecule has 3 aromatic heterocycles. The molecular formula is C15H13F2N5O. The highest BCUT2D eigenvalue weighted by molar-refractivity contribution is 5.63. The molecule has 0 unspecified atom stereocenters. The highest BCUT2D eigenvalue weighted by Gasteiger charge is 2.30. The zero-order valence-corrected chi connectivity index (χ0v) is 12.3. The summed E-state index contributed by atoms with van der Waals surface area (Å²) in [5, 5.41) is 4.53. The summed E-state index contributed by atoms with van der Waals surface area (Å²) in [6.45, 7) is 0. The Balaban J connectivity index is 1.94. The lowest BCUT2D eigenvalue weighted by Gasteiger charge is -2.09. The van der Waals surface area contributed by atoms with E-state index in [4.69, 9.17) is 10.5 Å². The lowest BCUT2D eigenvalue weighted by atomic mass is 10.2. The monoisotopic (exact) mass is 317 g/mol. The van der Waals surface area contributed by atoms with Gasteiger partial charge in [0.05, 0.1) is 13.3 Å². The van der Waals surface area contributed by atoms with Crippen LogP contribution in [0.4, 0.5) is 14.6 Å². The highest BCUT2D eigenvalue weighted by atomic mass is 19.1. The second-order valence-corrected chi connectivity index (χ2v) is 5.47. The summed E-state index contributed by atoms with van der Waals surface area (Å²) in [5.41, 5.74) is 6.97. The van der Waals surface area contributed by atoms with Gasteiger partial charge in [0.1, 0.15) is 22.8 Å². The van der Waals surface area contributed by atoms with E-state index < -0.39 is 11.6 Å². The number of fused-ring (bicyclic) bond motifs is 1. The van der Waals surface area contributed by atoms with Crippen molar-refractivity contribution < 1.29 is 13.5 Å². The molecule has 0 spiro atoms. The summed E-state index contributed by atoms with van der Waals surface area (Å²) < 4.78 is 34.2. The molecule has 23 heavy (non-hydrogen) atoms. The molecule has 3 aromatic rings. The molecule has 1 fully saturated rings. The van der Waals surface area contributed by atoms with Crippen LogP contribution in [0.15, 0.2) is 18.3 Å². The lowest BCUT2D eigenvalue weighted by Crippen LogP contribution is -2.05. The van der Waals surface area contributed by atoms with Gasteiger partial charge in [-0.05, 0) is 12.8 Å². The van der Waals surface area contributed by atoms with Crippen LogP contribution < -0.4 is 10.5 Å². The standard InChI is InChI=1S/C15H13F2N5O/c1-23-11-5-12-19-6-10(22(12)21-13(11)7-2-3-7)14-8(16)4-9(17)15(18)20-14/h4-7H,2-3H2,1H3,(H2,18,20). The van der Waals surface area contributed by atoms with Crippen LogP contribution >= 0.6 is 0 Å².